The first-order chi connectivity index (χ1) is 7.91. The highest BCUT2D eigenvalue weighted by Crippen LogP contribution is 2.31. The summed E-state index contributed by atoms with van der Waals surface area (Å²) >= 11 is 0. The van der Waals surface area contributed by atoms with Crippen molar-refractivity contribution in [2.45, 2.75) is 26.4 Å². The van der Waals surface area contributed by atoms with Gasteiger partial charge in [-0.2, -0.15) is 13.2 Å². The average molecular weight is 245 g/mol. The van der Waals surface area contributed by atoms with E-state index >= 15 is 0 Å². The van der Waals surface area contributed by atoms with Gasteiger partial charge < -0.3 is 5.32 Å². The first-order valence-electron chi connectivity index (χ1n) is 5.77. The summed E-state index contributed by atoms with van der Waals surface area (Å²) in [4.78, 5) is 0. The maximum Gasteiger partial charge on any atom is 0.416 e. The third-order valence-corrected chi connectivity index (χ3v) is 2.45. The Bertz CT molecular complexity index is 345. The quantitative estimate of drug-likeness (QED) is 0.783. The molecular formula is C13H18F3N. The standard InChI is InChI=1S/C13H18F3N/c1-10(2)9-17-8-7-11-5-3-4-6-12(11)13(14,15)16/h3-6,10,17H,7-9H2,1-2H3. The van der Waals surface area contributed by atoms with Gasteiger partial charge in [0.1, 0.15) is 0 Å². The van der Waals surface area contributed by atoms with Crippen molar-refractivity contribution < 1.29 is 13.2 Å². The maximum absolute atomic E-state index is 12.7. The van der Waals surface area contributed by atoms with E-state index in [1.165, 1.54) is 6.07 Å². The molecule has 0 heterocycles. The lowest BCUT2D eigenvalue weighted by Gasteiger charge is -2.13. The Balaban J connectivity index is 2.59. The maximum atomic E-state index is 12.7. The molecule has 0 bridgehead atoms. The summed E-state index contributed by atoms with van der Waals surface area (Å²) in [7, 11) is 0. The molecule has 1 N–H and O–H groups in total. The second-order valence-corrected chi connectivity index (χ2v) is 4.50. The van der Waals surface area contributed by atoms with Crippen molar-refractivity contribution in [3.8, 4) is 0 Å². The number of benzene rings is 1. The SMILES string of the molecule is CC(C)CNCCc1ccccc1C(F)(F)F. The van der Waals surface area contributed by atoms with E-state index in [2.05, 4.69) is 19.2 Å². The molecule has 0 radical (unpaired) electrons. The summed E-state index contributed by atoms with van der Waals surface area (Å²) in [6, 6.07) is 5.75. The van der Waals surface area contributed by atoms with Crippen molar-refractivity contribution in [3.63, 3.8) is 0 Å². The van der Waals surface area contributed by atoms with Crippen LogP contribution >= 0.6 is 0 Å². The predicted molar refractivity (Wildman–Crippen MR) is 62.9 cm³/mol. The lowest BCUT2D eigenvalue weighted by molar-refractivity contribution is -0.138. The van der Waals surface area contributed by atoms with Crippen molar-refractivity contribution in [2.75, 3.05) is 13.1 Å². The summed E-state index contributed by atoms with van der Waals surface area (Å²) in [5, 5.41) is 3.14. The Morgan fingerprint density at radius 2 is 1.82 bits per heavy atom. The second-order valence-electron chi connectivity index (χ2n) is 4.50. The molecule has 1 nitrogen and oxygen atoms in total. The molecule has 0 fully saturated rings. The van der Waals surface area contributed by atoms with Gasteiger partial charge in [-0.3, -0.25) is 0 Å². The number of alkyl halides is 3. The summed E-state index contributed by atoms with van der Waals surface area (Å²) in [5.41, 5.74) is -0.164. The second kappa shape index (κ2) is 6.05. The van der Waals surface area contributed by atoms with E-state index in [1.54, 1.807) is 12.1 Å². The molecule has 1 rings (SSSR count). The topological polar surface area (TPSA) is 12.0 Å². The summed E-state index contributed by atoms with van der Waals surface area (Å²) in [5.74, 6) is 0.507. The van der Waals surface area contributed by atoms with Gasteiger partial charge in [-0.1, -0.05) is 32.0 Å². The van der Waals surface area contributed by atoms with Gasteiger partial charge in [0.05, 0.1) is 5.56 Å². The van der Waals surface area contributed by atoms with Gasteiger partial charge in [-0.05, 0) is 37.1 Å². The van der Waals surface area contributed by atoms with Crippen LogP contribution in [0.1, 0.15) is 25.0 Å². The number of rotatable bonds is 5. The summed E-state index contributed by atoms with van der Waals surface area (Å²) < 4.78 is 38.0. The number of hydrogen-bond acceptors (Lipinski definition) is 1. The van der Waals surface area contributed by atoms with Crippen molar-refractivity contribution in [3.05, 3.63) is 35.4 Å². The molecule has 0 atom stereocenters. The Hall–Kier alpha value is -1.03. The minimum Gasteiger partial charge on any atom is -0.316 e. The van der Waals surface area contributed by atoms with Crippen LogP contribution in [-0.2, 0) is 12.6 Å². The van der Waals surface area contributed by atoms with Crippen molar-refractivity contribution in [2.24, 2.45) is 5.92 Å². The molecule has 96 valence electrons. The fourth-order valence-corrected chi connectivity index (χ4v) is 1.63. The van der Waals surface area contributed by atoms with Gasteiger partial charge in [-0.15, -0.1) is 0 Å². The fourth-order valence-electron chi connectivity index (χ4n) is 1.63. The fraction of sp³-hybridized carbons (Fsp3) is 0.538. The van der Waals surface area contributed by atoms with Crippen LogP contribution in [0.15, 0.2) is 24.3 Å². The lowest BCUT2D eigenvalue weighted by atomic mass is 10.0. The zero-order valence-corrected chi connectivity index (χ0v) is 10.1. The Morgan fingerprint density at radius 1 is 1.18 bits per heavy atom. The molecule has 1 aromatic carbocycles. The normalized spacial score (nSPS) is 12.1. The molecule has 0 aromatic heterocycles. The molecule has 0 aliphatic carbocycles. The van der Waals surface area contributed by atoms with Gasteiger partial charge in [-0.25, -0.2) is 0 Å². The molecule has 17 heavy (non-hydrogen) atoms. The molecule has 0 amide bonds. The minimum absolute atomic E-state index is 0.358. The van der Waals surface area contributed by atoms with E-state index in [1.807, 2.05) is 0 Å². The molecule has 0 saturated heterocycles. The van der Waals surface area contributed by atoms with Gasteiger partial charge in [0.2, 0.25) is 0 Å². The Morgan fingerprint density at radius 3 is 2.41 bits per heavy atom. The van der Waals surface area contributed by atoms with Gasteiger partial charge >= 0.3 is 6.18 Å². The van der Waals surface area contributed by atoms with Gasteiger partial charge in [0, 0.05) is 0 Å². The van der Waals surface area contributed by atoms with Crippen LogP contribution < -0.4 is 5.32 Å². The third kappa shape index (κ3) is 4.77. The minimum atomic E-state index is -4.26. The number of nitrogens with one attached hydrogen (secondary N) is 1. The van der Waals surface area contributed by atoms with Crippen LogP contribution in [0, 0.1) is 5.92 Å². The molecule has 0 unspecified atom stereocenters. The van der Waals surface area contributed by atoms with Crippen LogP contribution in [0.25, 0.3) is 0 Å². The summed E-state index contributed by atoms with van der Waals surface area (Å²) in [6.07, 6.45) is -3.85. The van der Waals surface area contributed by atoms with E-state index in [9.17, 15) is 13.2 Å². The van der Waals surface area contributed by atoms with E-state index in [0.29, 0.717) is 24.4 Å². The predicted octanol–water partition coefficient (Wildman–Crippen LogP) is 3.49. The first-order valence-corrected chi connectivity index (χ1v) is 5.77. The third-order valence-electron chi connectivity index (χ3n) is 2.45. The monoisotopic (exact) mass is 245 g/mol. The first kappa shape index (κ1) is 14.0. The van der Waals surface area contributed by atoms with Crippen LogP contribution in [-0.4, -0.2) is 13.1 Å². The van der Waals surface area contributed by atoms with E-state index in [4.69, 9.17) is 0 Å². The van der Waals surface area contributed by atoms with Crippen LogP contribution in [0.5, 0.6) is 0 Å². The number of hydrogen-bond donors (Lipinski definition) is 1. The highest BCUT2D eigenvalue weighted by atomic mass is 19.4. The van der Waals surface area contributed by atoms with Gasteiger partial charge in [0.15, 0.2) is 0 Å². The molecule has 0 aliphatic rings. The Labute approximate surface area is 100 Å². The molecule has 0 saturated carbocycles. The lowest BCUT2D eigenvalue weighted by Crippen LogP contribution is -2.23. The highest BCUT2D eigenvalue weighted by Gasteiger charge is 2.32. The van der Waals surface area contributed by atoms with Crippen LogP contribution in [0.4, 0.5) is 13.2 Å². The molecule has 0 spiro atoms. The zero-order chi connectivity index (χ0) is 12.9. The number of halogens is 3. The molecule has 4 heteroatoms. The largest absolute Gasteiger partial charge is 0.416 e. The highest BCUT2D eigenvalue weighted by molar-refractivity contribution is 5.29. The van der Waals surface area contributed by atoms with Gasteiger partial charge in [0.25, 0.3) is 0 Å². The molecule has 0 aliphatic heterocycles. The van der Waals surface area contributed by atoms with E-state index < -0.39 is 11.7 Å². The molecular weight excluding hydrogens is 227 g/mol. The smallest absolute Gasteiger partial charge is 0.316 e. The Kier molecular flexibility index (Phi) is 5.00. The van der Waals surface area contributed by atoms with E-state index in [-0.39, 0.29) is 0 Å². The van der Waals surface area contributed by atoms with Crippen LogP contribution in [0.3, 0.4) is 0 Å². The van der Waals surface area contributed by atoms with Crippen molar-refractivity contribution in [1.29, 1.82) is 0 Å². The molecule has 1 aromatic rings. The van der Waals surface area contributed by atoms with E-state index in [0.717, 1.165) is 12.6 Å². The summed E-state index contributed by atoms with van der Waals surface area (Å²) in [6.45, 7) is 5.53. The van der Waals surface area contributed by atoms with Crippen molar-refractivity contribution in [1.82, 2.24) is 5.32 Å². The average Bonchev–Trinajstić information content (AvgIpc) is 2.23. The van der Waals surface area contributed by atoms with Crippen molar-refractivity contribution >= 4 is 0 Å². The zero-order valence-electron chi connectivity index (χ0n) is 10.1. The van der Waals surface area contributed by atoms with Crippen LogP contribution in [0.2, 0.25) is 0 Å².